The number of benzene rings is 2. The van der Waals surface area contributed by atoms with Gasteiger partial charge in [0.25, 0.3) is 0 Å². The number of hydrogen-bond donors (Lipinski definition) is 2. The molecule has 6 heteroatoms. The SMILES string of the molecule is CN=C(c1cc2c(-c3cc(C)cc(F)c3)cncc2[nH]1)c1cc(-c2cncc(CC3CCNCC3)c2)ccc1C. The summed E-state index contributed by atoms with van der Waals surface area (Å²) >= 11 is 0. The third-order valence-corrected chi connectivity index (χ3v) is 7.98. The van der Waals surface area contributed by atoms with Gasteiger partial charge in [0.1, 0.15) is 5.82 Å². The Kier molecular flexibility index (Phi) is 7.27. The first-order valence-corrected chi connectivity index (χ1v) is 14.0. The minimum Gasteiger partial charge on any atom is -0.352 e. The molecule has 6 rings (SSSR count). The van der Waals surface area contributed by atoms with Crippen LogP contribution in [0, 0.1) is 25.6 Å². The molecule has 1 aliphatic rings. The highest BCUT2D eigenvalue weighted by Crippen LogP contribution is 2.32. The topological polar surface area (TPSA) is 66.0 Å². The first-order chi connectivity index (χ1) is 19.5. The number of aromatic nitrogens is 3. The number of halogens is 1. The van der Waals surface area contributed by atoms with Crippen molar-refractivity contribution in [2.45, 2.75) is 33.1 Å². The molecule has 0 unspecified atom stereocenters. The number of aromatic amines is 1. The quantitative estimate of drug-likeness (QED) is 0.231. The maximum atomic E-state index is 14.2. The van der Waals surface area contributed by atoms with E-state index in [9.17, 15) is 4.39 Å². The van der Waals surface area contributed by atoms with Crippen molar-refractivity contribution in [2.24, 2.45) is 10.9 Å². The molecular weight excluding hydrogens is 497 g/mol. The summed E-state index contributed by atoms with van der Waals surface area (Å²) in [5.74, 6) is 0.462. The molecule has 1 aliphatic heterocycles. The first kappa shape index (κ1) is 26.1. The summed E-state index contributed by atoms with van der Waals surface area (Å²) in [5, 5.41) is 4.44. The standard InChI is InChI=1S/C34H34FN5/c1-21-10-26(14-28(35)11-21)31-19-39-20-33-30(31)16-32(40-33)34(36-3)29-15-25(5-4-22(29)2)27-13-24(17-38-18-27)12-23-6-8-37-9-7-23/h4-5,10-11,13-20,23,37,40H,6-9,12H2,1-3H3. The van der Waals surface area contributed by atoms with Gasteiger partial charge in [0.2, 0.25) is 0 Å². The summed E-state index contributed by atoms with van der Waals surface area (Å²) in [6.07, 6.45) is 11.1. The average Bonchev–Trinajstić information content (AvgIpc) is 3.39. The van der Waals surface area contributed by atoms with Crippen molar-refractivity contribution < 1.29 is 4.39 Å². The molecule has 1 saturated heterocycles. The second-order valence-corrected chi connectivity index (χ2v) is 10.9. The Bertz CT molecular complexity index is 1690. The number of nitrogens with one attached hydrogen (secondary N) is 2. The second kappa shape index (κ2) is 11.1. The highest BCUT2D eigenvalue weighted by Gasteiger charge is 2.17. The van der Waals surface area contributed by atoms with Gasteiger partial charge in [-0.05, 0) is 110 Å². The lowest BCUT2D eigenvalue weighted by atomic mass is 9.90. The highest BCUT2D eigenvalue weighted by molar-refractivity contribution is 6.15. The number of piperidine rings is 1. The Labute approximate surface area is 234 Å². The minimum atomic E-state index is -0.250. The van der Waals surface area contributed by atoms with E-state index in [1.807, 2.05) is 38.6 Å². The maximum Gasteiger partial charge on any atom is 0.124 e. The first-order valence-electron chi connectivity index (χ1n) is 14.0. The summed E-state index contributed by atoms with van der Waals surface area (Å²) in [4.78, 5) is 17.3. The van der Waals surface area contributed by atoms with E-state index in [2.05, 4.69) is 57.5 Å². The van der Waals surface area contributed by atoms with Gasteiger partial charge in [-0.3, -0.25) is 15.0 Å². The van der Waals surface area contributed by atoms with Gasteiger partial charge in [0.15, 0.2) is 0 Å². The smallest absolute Gasteiger partial charge is 0.124 e. The fourth-order valence-electron chi connectivity index (χ4n) is 5.92. The van der Waals surface area contributed by atoms with E-state index in [4.69, 9.17) is 4.99 Å². The molecule has 0 saturated carbocycles. The summed E-state index contributed by atoms with van der Waals surface area (Å²) in [6.45, 7) is 6.22. The summed E-state index contributed by atoms with van der Waals surface area (Å²) in [7, 11) is 1.82. The predicted octanol–water partition coefficient (Wildman–Crippen LogP) is 7.06. The largest absolute Gasteiger partial charge is 0.352 e. The van der Waals surface area contributed by atoms with Crippen LogP contribution < -0.4 is 5.32 Å². The van der Waals surface area contributed by atoms with E-state index < -0.39 is 0 Å². The Morgan fingerprint density at radius 3 is 2.52 bits per heavy atom. The molecule has 40 heavy (non-hydrogen) atoms. The number of pyridine rings is 2. The Morgan fingerprint density at radius 2 is 1.73 bits per heavy atom. The van der Waals surface area contributed by atoms with E-state index in [1.54, 1.807) is 12.3 Å². The van der Waals surface area contributed by atoms with Crippen molar-refractivity contribution in [1.82, 2.24) is 20.3 Å². The predicted molar refractivity (Wildman–Crippen MR) is 161 cm³/mol. The Balaban J connectivity index is 1.36. The van der Waals surface area contributed by atoms with Gasteiger partial charge in [-0.15, -0.1) is 0 Å². The number of fused-ring (bicyclic) bond motifs is 1. The monoisotopic (exact) mass is 531 g/mol. The van der Waals surface area contributed by atoms with E-state index in [0.717, 1.165) is 80.8 Å². The zero-order valence-electron chi connectivity index (χ0n) is 23.3. The van der Waals surface area contributed by atoms with E-state index in [-0.39, 0.29) is 5.82 Å². The fraction of sp³-hybridized carbons (Fsp3) is 0.265. The van der Waals surface area contributed by atoms with Crippen LogP contribution in [0.4, 0.5) is 4.39 Å². The van der Waals surface area contributed by atoms with E-state index in [0.29, 0.717) is 5.92 Å². The number of rotatable bonds is 6. The number of nitrogens with zero attached hydrogens (tertiary/aromatic N) is 3. The van der Waals surface area contributed by atoms with Crippen molar-refractivity contribution in [1.29, 1.82) is 0 Å². The molecule has 3 aromatic heterocycles. The van der Waals surface area contributed by atoms with Crippen LogP contribution in [-0.2, 0) is 6.42 Å². The Hall–Kier alpha value is -4.16. The second-order valence-electron chi connectivity index (χ2n) is 10.9. The van der Waals surface area contributed by atoms with Crippen molar-refractivity contribution in [3.63, 3.8) is 0 Å². The normalized spacial score (nSPS) is 14.7. The van der Waals surface area contributed by atoms with Gasteiger partial charge in [-0.25, -0.2) is 4.39 Å². The van der Waals surface area contributed by atoms with Crippen molar-refractivity contribution in [2.75, 3.05) is 20.1 Å². The van der Waals surface area contributed by atoms with Gasteiger partial charge in [0.05, 0.1) is 23.1 Å². The molecule has 0 bridgehead atoms. The molecule has 2 N–H and O–H groups in total. The molecular formula is C34H34FN5. The van der Waals surface area contributed by atoms with Crippen molar-refractivity contribution >= 4 is 16.6 Å². The van der Waals surface area contributed by atoms with Gasteiger partial charge >= 0.3 is 0 Å². The number of hydrogen-bond acceptors (Lipinski definition) is 4. The van der Waals surface area contributed by atoms with Crippen molar-refractivity contribution in [3.8, 4) is 22.3 Å². The molecule has 0 aliphatic carbocycles. The van der Waals surface area contributed by atoms with Crippen LogP contribution in [0.15, 0.2) is 78.3 Å². The molecule has 0 radical (unpaired) electrons. The average molecular weight is 532 g/mol. The zero-order chi connectivity index (χ0) is 27.6. The van der Waals surface area contributed by atoms with Crippen LogP contribution in [0.2, 0.25) is 0 Å². The molecule has 5 aromatic rings. The van der Waals surface area contributed by atoms with E-state index in [1.165, 1.54) is 24.5 Å². The molecule has 1 fully saturated rings. The third kappa shape index (κ3) is 5.32. The lowest BCUT2D eigenvalue weighted by Gasteiger charge is -2.22. The summed E-state index contributed by atoms with van der Waals surface area (Å²) in [6, 6.07) is 16.0. The molecule has 4 heterocycles. The van der Waals surface area contributed by atoms with Crippen LogP contribution in [0.25, 0.3) is 33.2 Å². The highest BCUT2D eigenvalue weighted by atomic mass is 19.1. The fourth-order valence-corrected chi connectivity index (χ4v) is 5.92. The minimum absolute atomic E-state index is 0.250. The lowest BCUT2D eigenvalue weighted by molar-refractivity contribution is 0.372. The third-order valence-electron chi connectivity index (χ3n) is 7.98. The van der Waals surface area contributed by atoms with Gasteiger partial charge in [-0.2, -0.15) is 0 Å². The molecule has 0 atom stereocenters. The maximum absolute atomic E-state index is 14.2. The molecule has 0 spiro atoms. The van der Waals surface area contributed by atoms with Crippen LogP contribution >= 0.6 is 0 Å². The number of H-pyrrole nitrogens is 1. The van der Waals surface area contributed by atoms with Gasteiger partial charge < -0.3 is 10.3 Å². The van der Waals surface area contributed by atoms with Crippen LogP contribution in [0.5, 0.6) is 0 Å². The van der Waals surface area contributed by atoms with Crippen molar-refractivity contribution in [3.05, 3.63) is 107 Å². The molecule has 2 aromatic carbocycles. The van der Waals surface area contributed by atoms with Gasteiger partial charge in [-0.1, -0.05) is 18.2 Å². The van der Waals surface area contributed by atoms with Crippen LogP contribution in [-0.4, -0.2) is 40.8 Å². The van der Waals surface area contributed by atoms with Crippen LogP contribution in [0.3, 0.4) is 0 Å². The molecule has 202 valence electrons. The lowest BCUT2D eigenvalue weighted by Crippen LogP contribution is -2.28. The summed E-state index contributed by atoms with van der Waals surface area (Å²) < 4.78 is 14.2. The summed E-state index contributed by atoms with van der Waals surface area (Å²) in [5.41, 5.74) is 11.0. The van der Waals surface area contributed by atoms with E-state index >= 15 is 0 Å². The molecule has 5 nitrogen and oxygen atoms in total. The Morgan fingerprint density at radius 1 is 0.900 bits per heavy atom. The zero-order valence-corrected chi connectivity index (χ0v) is 23.3. The number of aryl methyl sites for hydroxylation is 2. The molecule has 0 amide bonds. The van der Waals surface area contributed by atoms with Crippen LogP contribution in [0.1, 0.15) is 40.8 Å². The van der Waals surface area contributed by atoms with Gasteiger partial charge in [0, 0.05) is 47.7 Å². The number of aliphatic imine (C=N–C) groups is 1.